The molecule has 1 N–H and O–H groups in total. The first-order chi connectivity index (χ1) is 8.43. The molecule has 0 saturated heterocycles. The van der Waals surface area contributed by atoms with E-state index in [-0.39, 0.29) is 22.4 Å². The highest BCUT2D eigenvalue weighted by Gasteiger charge is 2.26. The molecule has 0 aliphatic rings. The molecule has 3 heteroatoms. The number of carbonyl (C=O) groups excluding carboxylic acids is 1. The molecule has 0 unspecified atom stereocenters. The first-order valence-corrected chi connectivity index (χ1v) is 6.96. The van der Waals surface area contributed by atoms with Crippen LogP contribution in [0.4, 0.5) is 0 Å². The minimum Gasteiger partial charge on any atom is -0.507 e. The zero-order chi connectivity index (χ0) is 15.0. The maximum Gasteiger partial charge on any atom is 0.190 e. The van der Waals surface area contributed by atoms with Crippen LogP contribution in [0.25, 0.3) is 0 Å². The van der Waals surface area contributed by atoms with Crippen LogP contribution in [-0.4, -0.2) is 10.2 Å². The lowest BCUT2D eigenvalue weighted by molar-refractivity contribution is -0.110. The molecule has 1 aromatic carbocycles. The monoisotopic (exact) mass is 280 g/mol. The van der Waals surface area contributed by atoms with E-state index in [1.165, 1.54) is 0 Å². The number of phenolic OH excluding ortho intramolecular Hbond substituents is 1. The summed E-state index contributed by atoms with van der Waals surface area (Å²) in [6.45, 7) is 12.3. The number of hydrogen-bond donors (Lipinski definition) is 2. The average Bonchev–Trinajstić information content (AvgIpc) is 2.16. The number of thiol groups is 1. The Labute approximate surface area is 121 Å². The van der Waals surface area contributed by atoms with E-state index in [2.05, 4.69) is 54.2 Å². The molecule has 106 valence electrons. The van der Waals surface area contributed by atoms with Crippen molar-refractivity contribution in [2.45, 2.75) is 58.8 Å². The summed E-state index contributed by atoms with van der Waals surface area (Å²) in [5.74, 6) is 0.343. The van der Waals surface area contributed by atoms with Crippen LogP contribution in [0.15, 0.2) is 12.1 Å². The highest BCUT2D eigenvalue weighted by Crippen LogP contribution is 2.39. The highest BCUT2D eigenvalue weighted by atomic mass is 32.1. The number of carbonyl (C=O) groups is 1. The summed E-state index contributed by atoms with van der Waals surface area (Å²) in [7, 11) is 0. The molecule has 0 aromatic heterocycles. The minimum absolute atomic E-state index is 0.162. The maximum atomic E-state index is 11.2. The highest BCUT2D eigenvalue weighted by molar-refractivity contribution is 7.96. The van der Waals surface area contributed by atoms with Gasteiger partial charge in [-0.25, -0.2) is 0 Å². The van der Waals surface area contributed by atoms with Crippen LogP contribution in [0.2, 0.25) is 0 Å². The van der Waals surface area contributed by atoms with Gasteiger partial charge in [-0.15, -0.1) is 12.6 Å². The van der Waals surface area contributed by atoms with Crippen molar-refractivity contribution in [1.82, 2.24) is 0 Å². The quantitative estimate of drug-likeness (QED) is 0.804. The van der Waals surface area contributed by atoms with Crippen LogP contribution in [-0.2, 0) is 22.0 Å². The normalized spacial score (nSPS) is 12.6. The predicted molar refractivity (Wildman–Crippen MR) is 83.2 cm³/mol. The van der Waals surface area contributed by atoms with Crippen molar-refractivity contribution in [3.05, 3.63) is 28.8 Å². The Morgan fingerprint density at radius 3 is 1.68 bits per heavy atom. The van der Waals surface area contributed by atoms with Gasteiger partial charge in [-0.2, -0.15) is 0 Å². The average molecular weight is 280 g/mol. The zero-order valence-electron chi connectivity index (χ0n) is 12.7. The Balaban J connectivity index is 3.52. The Morgan fingerprint density at radius 2 is 1.42 bits per heavy atom. The van der Waals surface area contributed by atoms with Crippen LogP contribution in [0.5, 0.6) is 5.75 Å². The minimum atomic E-state index is -0.167. The van der Waals surface area contributed by atoms with E-state index in [0.29, 0.717) is 5.75 Å². The molecule has 2 nitrogen and oxygen atoms in total. The Bertz CT molecular complexity index is 455. The molecule has 1 aromatic rings. The van der Waals surface area contributed by atoms with Gasteiger partial charge >= 0.3 is 0 Å². The Morgan fingerprint density at radius 1 is 1.05 bits per heavy atom. The van der Waals surface area contributed by atoms with E-state index >= 15 is 0 Å². The van der Waals surface area contributed by atoms with Gasteiger partial charge in [0.2, 0.25) is 0 Å². The molecule has 19 heavy (non-hydrogen) atoms. The first-order valence-electron chi connectivity index (χ1n) is 6.51. The SMILES string of the molecule is CC(C)(C)c1cc(CC(=O)S)cc(C(C)(C)C)c1O. The lowest BCUT2D eigenvalue weighted by Gasteiger charge is -2.28. The van der Waals surface area contributed by atoms with Gasteiger partial charge in [-0.1, -0.05) is 53.7 Å². The molecular formula is C16H24O2S. The third kappa shape index (κ3) is 4.00. The third-order valence-corrected chi connectivity index (χ3v) is 3.30. The molecule has 0 radical (unpaired) electrons. The fourth-order valence-corrected chi connectivity index (χ4v) is 2.30. The van der Waals surface area contributed by atoms with E-state index in [9.17, 15) is 9.90 Å². The second-order valence-corrected chi connectivity index (χ2v) is 7.61. The van der Waals surface area contributed by atoms with Crippen molar-refractivity contribution >= 4 is 17.7 Å². The number of benzene rings is 1. The van der Waals surface area contributed by atoms with Crippen molar-refractivity contribution in [3.8, 4) is 5.75 Å². The molecule has 0 atom stereocenters. The van der Waals surface area contributed by atoms with Gasteiger partial charge in [0.25, 0.3) is 0 Å². The summed E-state index contributed by atoms with van der Waals surface area (Å²) in [6, 6.07) is 3.83. The van der Waals surface area contributed by atoms with Gasteiger partial charge in [0, 0.05) is 6.42 Å². The largest absolute Gasteiger partial charge is 0.507 e. The first kappa shape index (κ1) is 16.1. The summed E-state index contributed by atoms with van der Waals surface area (Å²) < 4.78 is 0. The molecule has 0 saturated carbocycles. The fraction of sp³-hybridized carbons (Fsp3) is 0.562. The van der Waals surface area contributed by atoms with Gasteiger partial charge in [0.15, 0.2) is 5.12 Å². The Kier molecular flexibility index (Phi) is 4.40. The molecule has 0 heterocycles. The second kappa shape index (κ2) is 5.20. The summed E-state index contributed by atoms with van der Waals surface area (Å²) in [4.78, 5) is 11.2. The van der Waals surface area contributed by atoms with Gasteiger partial charge in [-0.3, -0.25) is 4.79 Å². The lowest BCUT2D eigenvalue weighted by Crippen LogP contribution is -2.18. The fourth-order valence-electron chi connectivity index (χ4n) is 2.11. The van der Waals surface area contributed by atoms with Crippen molar-refractivity contribution in [2.75, 3.05) is 0 Å². The van der Waals surface area contributed by atoms with Gasteiger partial charge < -0.3 is 5.11 Å². The smallest absolute Gasteiger partial charge is 0.190 e. The topological polar surface area (TPSA) is 37.3 Å². The van der Waals surface area contributed by atoms with Crippen LogP contribution in [0.1, 0.15) is 58.2 Å². The molecule has 0 fully saturated rings. The van der Waals surface area contributed by atoms with Crippen molar-refractivity contribution in [1.29, 1.82) is 0 Å². The summed E-state index contributed by atoms with van der Waals surface area (Å²) in [6.07, 6.45) is 0.287. The van der Waals surface area contributed by atoms with E-state index in [1.54, 1.807) is 0 Å². The van der Waals surface area contributed by atoms with Gasteiger partial charge in [-0.05, 0) is 27.5 Å². The molecule has 0 amide bonds. The number of phenols is 1. The number of aromatic hydroxyl groups is 1. The summed E-state index contributed by atoms with van der Waals surface area (Å²) in [5.41, 5.74) is 2.33. The molecule has 0 aliphatic heterocycles. The molecular weight excluding hydrogens is 256 g/mol. The van der Waals surface area contributed by atoms with E-state index in [1.807, 2.05) is 12.1 Å². The molecule has 1 rings (SSSR count). The number of rotatable bonds is 2. The van der Waals surface area contributed by atoms with Crippen molar-refractivity contribution in [3.63, 3.8) is 0 Å². The number of hydrogen-bond acceptors (Lipinski definition) is 2. The van der Waals surface area contributed by atoms with Gasteiger partial charge in [0.05, 0.1) is 0 Å². The van der Waals surface area contributed by atoms with E-state index < -0.39 is 0 Å². The van der Waals surface area contributed by atoms with E-state index in [0.717, 1.165) is 16.7 Å². The van der Waals surface area contributed by atoms with E-state index in [4.69, 9.17) is 0 Å². The van der Waals surface area contributed by atoms with Crippen LogP contribution in [0.3, 0.4) is 0 Å². The van der Waals surface area contributed by atoms with Crippen molar-refractivity contribution < 1.29 is 9.90 Å². The molecule has 0 spiro atoms. The van der Waals surface area contributed by atoms with Crippen LogP contribution >= 0.6 is 12.6 Å². The zero-order valence-corrected chi connectivity index (χ0v) is 13.6. The Hall–Kier alpha value is -0.960. The second-order valence-electron chi connectivity index (χ2n) is 7.11. The predicted octanol–water partition coefficient (Wildman–Crippen LogP) is 3.99. The van der Waals surface area contributed by atoms with Crippen LogP contribution < -0.4 is 0 Å². The maximum absolute atomic E-state index is 11.2. The van der Waals surface area contributed by atoms with Crippen LogP contribution in [0, 0.1) is 0 Å². The van der Waals surface area contributed by atoms with Gasteiger partial charge in [0.1, 0.15) is 5.75 Å². The lowest BCUT2D eigenvalue weighted by atomic mass is 9.78. The molecule has 0 aliphatic carbocycles. The van der Waals surface area contributed by atoms with Crippen molar-refractivity contribution in [2.24, 2.45) is 0 Å². The standard InChI is InChI=1S/C16H24O2S/c1-15(2,3)11-7-10(9-13(17)19)8-12(14(11)18)16(4,5)6/h7-8,18H,9H2,1-6H3,(H,17,19). The summed E-state index contributed by atoms with van der Waals surface area (Å²) in [5, 5.41) is 10.4. The third-order valence-electron chi connectivity index (χ3n) is 3.14. The molecule has 0 bridgehead atoms. The summed E-state index contributed by atoms with van der Waals surface area (Å²) >= 11 is 3.85.